The first kappa shape index (κ1) is 10.5. The first-order valence-corrected chi connectivity index (χ1v) is 6.45. The molecule has 0 rings (SSSR count). The Kier molecular flexibility index (Phi) is 4.61. The third-order valence-corrected chi connectivity index (χ3v) is 5.72. The Morgan fingerprint density at radius 2 is 2.10 bits per heavy atom. The summed E-state index contributed by atoms with van der Waals surface area (Å²) in [5.41, 5.74) is 0. The maximum absolute atomic E-state index is 11.5. The van der Waals surface area contributed by atoms with E-state index in [0.29, 0.717) is 6.61 Å². The van der Waals surface area contributed by atoms with Crippen LogP contribution in [0, 0.1) is 0 Å². The van der Waals surface area contributed by atoms with Crippen LogP contribution in [0.5, 0.6) is 0 Å². The van der Waals surface area contributed by atoms with Gasteiger partial charge in [-0.15, -0.1) is 0 Å². The Labute approximate surface area is 66.4 Å². The average molecular weight is 183 g/mol. The molecule has 0 aliphatic carbocycles. The van der Waals surface area contributed by atoms with Gasteiger partial charge in [0.2, 0.25) is 0 Å². The smallest absolute Gasteiger partial charge is 0.310 e. The van der Waals surface area contributed by atoms with Crippen LogP contribution in [0.4, 0.5) is 0 Å². The molecule has 62 valence electrons. The van der Waals surface area contributed by atoms with Gasteiger partial charge < -0.3 is 4.52 Å². The van der Waals surface area contributed by atoms with Crippen molar-refractivity contribution in [2.75, 3.05) is 27.0 Å². The molecule has 0 radical (unpaired) electrons. The lowest BCUT2D eigenvalue weighted by Crippen LogP contribution is -2.07. The summed E-state index contributed by atoms with van der Waals surface area (Å²) in [5, 5.41) is 0. The minimum atomic E-state index is -2.52. The zero-order valence-electron chi connectivity index (χ0n) is 6.83. The summed E-state index contributed by atoms with van der Waals surface area (Å²) in [4.78, 5) is 0. The third kappa shape index (κ3) is 2.62. The molecule has 0 aliphatic rings. The van der Waals surface area contributed by atoms with E-state index in [2.05, 4.69) is 0 Å². The zero-order chi connectivity index (χ0) is 8.20. The highest BCUT2D eigenvalue weighted by molar-refractivity contribution is 8.55. The van der Waals surface area contributed by atoms with E-state index in [-0.39, 0.29) is 0 Å². The second-order valence-corrected chi connectivity index (χ2v) is 6.76. The fraction of sp³-hybridized carbons (Fsp3) is 1.00. The number of hydrogen-bond donors (Lipinski definition) is 0. The van der Waals surface area contributed by atoms with Gasteiger partial charge in [-0.25, -0.2) is 4.67 Å². The van der Waals surface area contributed by atoms with E-state index in [0.717, 1.165) is 0 Å². The quantitative estimate of drug-likeness (QED) is 0.624. The number of hydrogen-bond acceptors (Lipinski definition) is 3. The third-order valence-electron chi connectivity index (χ3n) is 1.01. The molecule has 0 amide bonds. The van der Waals surface area contributed by atoms with Crippen LogP contribution >= 0.6 is 18.1 Å². The maximum atomic E-state index is 11.5. The van der Waals surface area contributed by atoms with Gasteiger partial charge in [0, 0.05) is 0 Å². The first-order chi connectivity index (χ1) is 4.56. The predicted molar refractivity (Wildman–Crippen MR) is 46.4 cm³/mol. The van der Waals surface area contributed by atoms with E-state index in [4.69, 9.17) is 4.52 Å². The normalized spacial score (nSPS) is 17.3. The molecule has 0 bridgehead atoms. The van der Waals surface area contributed by atoms with E-state index >= 15 is 0 Å². The maximum Gasteiger partial charge on any atom is 0.328 e. The van der Waals surface area contributed by atoms with Crippen LogP contribution in [0.2, 0.25) is 0 Å². The van der Waals surface area contributed by atoms with E-state index in [1.807, 2.05) is 6.92 Å². The second kappa shape index (κ2) is 4.39. The fourth-order valence-corrected chi connectivity index (χ4v) is 3.10. The topological polar surface area (TPSA) is 29.5 Å². The summed E-state index contributed by atoms with van der Waals surface area (Å²) in [7, 11) is 3.51. The Morgan fingerprint density at radius 1 is 1.60 bits per heavy atom. The average Bonchev–Trinajstić information content (AvgIpc) is 1.88. The molecule has 0 heterocycles. The fourth-order valence-electron chi connectivity index (χ4n) is 0.495. The summed E-state index contributed by atoms with van der Waals surface area (Å²) >= 11 is 1.26. The first-order valence-electron chi connectivity index (χ1n) is 3.05. The van der Waals surface area contributed by atoms with Crippen LogP contribution in [-0.2, 0) is 9.09 Å². The van der Waals surface area contributed by atoms with Crippen molar-refractivity contribution in [2.45, 2.75) is 6.92 Å². The molecule has 5 heteroatoms. The molecule has 0 saturated carbocycles. The van der Waals surface area contributed by atoms with Crippen LogP contribution in [0.3, 0.4) is 0 Å². The molecule has 3 nitrogen and oxygen atoms in total. The summed E-state index contributed by atoms with van der Waals surface area (Å²) < 4.78 is 18.3. The molecule has 0 spiro atoms. The van der Waals surface area contributed by atoms with Crippen molar-refractivity contribution >= 4 is 18.1 Å². The van der Waals surface area contributed by atoms with Gasteiger partial charge in [0.25, 0.3) is 0 Å². The highest BCUT2D eigenvalue weighted by atomic mass is 32.7. The Balaban J connectivity index is 4.10. The monoisotopic (exact) mass is 183 g/mol. The molecule has 0 saturated heterocycles. The van der Waals surface area contributed by atoms with Crippen LogP contribution in [-0.4, -0.2) is 31.6 Å². The van der Waals surface area contributed by atoms with Gasteiger partial charge in [0.05, 0.1) is 6.61 Å². The molecule has 0 fully saturated rings. The van der Waals surface area contributed by atoms with Gasteiger partial charge in [0.1, 0.15) is 0 Å². The molecular formula is C5H14NO2PS. The van der Waals surface area contributed by atoms with E-state index in [1.54, 1.807) is 25.0 Å². The van der Waals surface area contributed by atoms with Crippen LogP contribution in [0.25, 0.3) is 0 Å². The summed E-state index contributed by atoms with van der Waals surface area (Å²) in [6.45, 7) is -0.186. The minimum absolute atomic E-state index is 0.496. The SMILES string of the molecule is CCO[P@](=O)(SC)N(C)C. The van der Waals surface area contributed by atoms with Crippen molar-refractivity contribution in [2.24, 2.45) is 0 Å². The molecular weight excluding hydrogens is 169 g/mol. The zero-order valence-corrected chi connectivity index (χ0v) is 8.54. The van der Waals surface area contributed by atoms with Crippen molar-refractivity contribution in [1.82, 2.24) is 4.67 Å². The van der Waals surface area contributed by atoms with Gasteiger partial charge in [-0.05, 0) is 27.3 Å². The summed E-state index contributed by atoms with van der Waals surface area (Å²) in [5.74, 6) is 0. The minimum Gasteiger partial charge on any atom is -0.310 e. The predicted octanol–water partition coefficient (Wildman–Crippen LogP) is 2.06. The van der Waals surface area contributed by atoms with Crippen molar-refractivity contribution in [1.29, 1.82) is 0 Å². The van der Waals surface area contributed by atoms with Gasteiger partial charge >= 0.3 is 6.72 Å². The van der Waals surface area contributed by atoms with Gasteiger partial charge in [-0.2, -0.15) is 0 Å². The molecule has 10 heavy (non-hydrogen) atoms. The van der Waals surface area contributed by atoms with E-state index in [9.17, 15) is 4.57 Å². The molecule has 0 N–H and O–H groups in total. The Morgan fingerprint density at radius 3 is 2.20 bits per heavy atom. The molecule has 0 aliphatic heterocycles. The molecule has 0 aromatic heterocycles. The van der Waals surface area contributed by atoms with Gasteiger partial charge in [-0.1, -0.05) is 11.4 Å². The largest absolute Gasteiger partial charge is 0.328 e. The highest BCUT2D eigenvalue weighted by Crippen LogP contribution is 2.59. The van der Waals surface area contributed by atoms with Crippen molar-refractivity contribution in [3.63, 3.8) is 0 Å². The van der Waals surface area contributed by atoms with Crippen molar-refractivity contribution in [3.05, 3.63) is 0 Å². The van der Waals surface area contributed by atoms with Gasteiger partial charge in [0.15, 0.2) is 0 Å². The lowest BCUT2D eigenvalue weighted by atomic mass is 10.9. The summed E-state index contributed by atoms with van der Waals surface area (Å²) in [6, 6.07) is 0. The number of rotatable bonds is 4. The molecule has 1 atom stereocenters. The molecule has 0 aromatic carbocycles. The second-order valence-electron chi connectivity index (χ2n) is 1.92. The lowest BCUT2D eigenvalue weighted by Gasteiger charge is -2.20. The standard InChI is InChI=1S/C5H14NO2PS/c1-5-8-9(7,10-4)6(2)3/h5H2,1-4H3/t9-/m0/s1. The van der Waals surface area contributed by atoms with Crippen molar-refractivity contribution < 1.29 is 9.09 Å². The Hall–Kier alpha value is 0.500. The summed E-state index contributed by atoms with van der Waals surface area (Å²) in [6.07, 6.45) is 1.79. The van der Waals surface area contributed by atoms with Crippen LogP contribution < -0.4 is 0 Å². The van der Waals surface area contributed by atoms with Gasteiger partial charge in [-0.3, -0.25) is 4.57 Å². The lowest BCUT2D eigenvalue weighted by molar-refractivity contribution is 0.313. The Bertz CT molecular complexity index is 140. The van der Waals surface area contributed by atoms with Crippen molar-refractivity contribution in [3.8, 4) is 0 Å². The highest BCUT2D eigenvalue weighted by Gasteiger charge is 2.23. The van der Waals surface area contributed by atoms with Crippen LogP contribution in [0.15, 0.2) is 0 Å². The number of nitrogens with zero attached hydrogens (tertiary/aromatic N) is 1. The molecule has 0 unspecified atom stereocenters. The van der Waals surface area contributed by atoms with Crippen LogP contribution in [0.1, 0.15) is 6.92 Å². The van der Waals surface area contributed by atoms with E-state index in [1.165, 1.54) is 11.4 Å². The van der Waals surface area contributed by atoms with E-state index < -0.39 is 6.72 Å². The molecule has 0 aromatic rings.